The van der Waals surface area contributed by atoms with Crippen LogP contribution in [-0.4, -0.2) is 33.2 Å². The fraction of sp³-hybridized carbons (Fsp3) is 0.417. The molecule has 0 aliphatic heterocycles. The van der Waals surface area contributed by atoms with Crippen LogP contribution in [0.3, 0.4) is 0 Å². The quantitative estimate of drug-likeness (QED) is 0.800. The van der Waals surface area contributed by atoms with E-state index in [2.05, 4.69) is 0 Å². The van der Waals surface area contributed by atoms with Gasteiger partial charge < -0.3 is 10.5 Å². The topological polar surface area (TPSA) is 89.7 Å². The molecule has 0 atom stereocenters. The Morgan fingerprint density at radius 3 is 2.47 bits per heavy atom. The van der Waals surface area contributed by atoms with Gasteiger partial charge in [-0.15, -0.1) is 0 Å². The molecule has 0 saturated heterocycles. The summed E-state index contributed by atoms with van der Waals surface area (Å²) in [5.74, 6) is -0.438. The van der Waals surface area contributed by atoms with Crippen LogP contribution in [0.15, 0.2) is 24.3 Å². The van der Waals surface area contributed by atoms with E-state index < -0.39 is 22.5 Å². The van der Waals surface area contributed by atoms with E-state index >= 15 is 0 Å². The molecule has 0 aromatic heterocycles. The van der Waals surface area contributed by atoms with Gasteiger partial charge in [-0.1, -0.05) is 12.1 Å². The molecule has 0 bridgehead atoms. The van der Waals surface area contributed by atoms with E-state index in [1.807, 2.05) is 0 Å². The smallest absolute Gasteiger partial charge is 0.238 e. The fourth-order valence-corrected chi connectivity index (χ4v) is 2.66. The van der Waals surface area contributed by atoms with Gasteiger partial charge >= 0.3 is 0 Å². The van der Waals surface area contributed by atoms with Gasteiger partial charge in [0.2, 0.25) is 15.9 Å². The van der Waals surface area contributed by atoms with Crippen LogP contribution in [0.2, 0.25) is 0 Å². The second-order valence-electron chi connectivity index (χ2n) is 3.77. The SMILES string of the molecule is CCOc1ccccc1N(CC(N)=O)S(=O)(=O)CC. The average molecular weight is 286 g/mol. The van der Waals surface area contributed by atoms with Gasteiger partial charge in [0.25, 0.3) is 0 Å². The minimum Gasteiger partial charge on any atom is -0.492 e. The molecular weight excluding hydrogens is 268 g/mol. The Labute approximate surface area is 113 Å². The number of rotatable bonds is 7. The summed E-state index contributed by atoms with van der Waals surface area (Å²) in [6.45, 7) is 3.30. The van der Waals surface area contributed by atoms with Crippen molar-refractivity contribution in [1.82, 2.24) is 0 Å². The van der Waals surface area contributed by atoms with Crippen LogP contribution in [0, 0.1) is 0 Å². The van der Waals surface area contributed by atoms with E-state index in [-0.39, 0.29) is 5.75 Å². The van der Waals surface area contributed by atoms with Crippen LogP contribution in [-0.2, 0) is 14.8 Å². The van der Waals surface area contributed by atoms with Crippen molar-refractivity contribution in [1.29, 1.82) is 0 Å². The fourth-order valence-electron chi connectivity index (χ4n) is 1.57. The molecule has 0 saturated carbocycles. The molecule has 1 rings (SSSR count). The Bertz CT molecular complexity index is 542. The number of benzene rings is 1. The van der Waals surface area contributed by atoms with Gasteiger partial charge in [0.15, 0.2) is 0 Å². The molecule has 0 aliphatic carbocycles. The van der Waals surface area contributed by atoms with Crippen molar-refractivity contribution < 1.29 is 17.9 Å². The number of ether oxygens (including phenoxy) is 1. The van der Waals surface area contributed by atoms with Crippen LogP contribution in [0.5, 0.6) is 5.75 Å². The highest BCUT2D eigenvalue weighted by Crippen LogP contribution is 2.30. The van der Waals surface area contributed by atoms with Crippen molar-refractivity contribution >= 4 is 21.6 Å². The Kier molecular flexibility index (Phi) is 5.17. The summed E-state index contributed by atoms with van der Waals surface area (Å²) < 4.78 is 30.5. The molecule has 0 fully saturated rings. The first-order valence-electron chi connectivity index (χ1n) is 5.93. The predicted octanol–water partition coefficient (Wildman–Crippen LogP) is 0.727. The molecule has 7 heteroatoms. The molecule has 1 amide bonds. The van der Waals surface area contributed by atoms with E-state index in [9.17, 15) is 13.2 Å². The molecule has 0 unspecified atom stereocenters. The van der Waals surface area contributed by atoms with E-state index in [0.29, 0.717) is 18.0 Å². The molecule has 6 nitrogen and oxygen atoms in total. The van der Waals surface area contributed by atoms with Crippen LogP contribution >= 0.6 is 0 Å². The van der Waals surface area contributed by atoms with Gasteiger partial charge in [0, 0.05) is 0 Å². The first-order valence-corrected chi connectivity index (χ1v) is 7.53. The minimum absolute atomic E-state index is 0.124. The number of anilines is 1. The van der Waals surface area contributed by atoms with Gasteiger partial charge in [-0.2, -0.15) is 0 Å². The number of nitrogens with zero attached hydrogens (tertiary/aromatic N) is 1. The number of carbonyl (C=O) groups excluding carboxylic acids is 1. The highest BCUT2D eigenvalue weighted by Gasteiger charge is 2.25. The summed E-state index contributed by atoms with van der Waals surface area (Å²) in [5, 5.41) is 0. The summed E-state index contributed by atoms with van der Waals surface area (Å²) in [5.41, 5.74) is 5.44. The number of carbonyl (C=O) groups is 1. The zero-order chi connectivity index (χ0) is 14.5. The lowest BCUT2D eigenvalue weighted by molar-refractivity contribution is -0.116. The first kappa shape index (κ1) is 15.3. The van der Waals surface area contributed by atoms with Crippen molar-refractivity contribution in [2.24, 2.45) is 5.73 Å². The van der Waals surface area contributed by atoms with E-state index in [1.54, 1.807) is 31.2 Å². The Balaban J connectivity index is 3.29. The van der Waals surface area contributed by atoms with Crippen LogP contribution in [0.25, 0.3) is 0 Å². The monoisotopic (exact) mass is 286 g/mol. The Morgan fingerprint density at radius 1 is 1.32 bits per heavy atom. The number of hydrogen-bond donors (Lipinski definition) is 1. The molecule has 0 radical (unpaired) electrons. The summed E-state index contributed by atoms with van der Waals surface area (Å²) in [6, 6.07) is 6.64. The van der Waals surface area contributed by atoms with Crippen molar-refractivity contribution in [3.8, 4) is 5.75 Å². The van der Waals surface area contributed by atoms with Gasteiger partial charge in [0.05, 0.1) is 18.0 Å². The van der Waals surface area contributed by atoms with Crippen molar-refractivity contribution in [2.75, 3.05) is 23.2 Å². The highest BCUT2D eigenvalue weighted by molar-refractivity contribution is 7.92. The van der Waals surface area contributed by atoms with Crippen LogP contribution < -0.4 is 14.8 Å². The molecule has 2 N–H and O–H groups in total. The average Bonchev–Trinajstić information content (AvgIpc) is 2.37. The molecule has 0 heterocycles. The molecule has 106 valence electrons. The van der Waals surface area contributed by atoms with Gasteiger partial charge in [0.1, 0.15) is 12.3 Å². The lowest BCUT2D eigenvalue weighted by Gasteiger charge is -2.24. The Hall–Kier alpha value is -1.76. The molecule has 0 spiro atoms. The van der Waals surface area contributed by atoms with E-state index in [1.165, 1.54) is 6.92 Å². The molecule has 0 aliphatic rings. The molecule has 1 aromatic rings. The lowest BCUT2D eigenvalue weighted by Crippen LogP contribution is -2.39. The number of para-hydroxylation sites is 2. The first-order chi connectivity index (χ1) is 8.92. The van der Waals surface area contributed by atoms with Crippen LogP contribution in [0.4, 0.5) is 5.69 Å². The summed E-state index contributed by atoms with van der Waals surface area (Å²) >= 11 is 0. The maximum atomic E-state index is 12.1. The maximum Gasteiger partial charge on any atom is 0.238 e. The maximum absolute atomic E-state index is 12.1. The minimum atomic E-state index is -3.60. The predicted molar refractivity (Wildman–Crippen MR) is 73.6 cm³/mol. The summed E-state index contributed by atoms with van der Waals surface area (Å²) in [6.07, 6.45) is 0. The third-order valence-electron chi connectivity index (χ3n) is 2.43. The number of hydrogen-bond acceptors (Lipinski definition) is 4. The third-order valence-corrected chi connectivity index (χ3v) is 4.16. The standard InChI is InChI=1S/C12H18N2O4S/c1-3-18-11-8-6-5-7-10(11)14(9-12(13)15)19(16,17)4-2/h5-8H,3-4,9H2,1-2H3,(H2,13,15). The second-order valence-corrected chi connectivity index (χ2v) is 5.96. The van der Waals surface area contributed by atoms with Crippen molar-refractivity contribution in [2.45, 2.75) is 13.8 Å². The second kappa shape index (κ2) is 6.42. The van der Waals surface area contributed by atoms with Crippen molar-refractivity contribution in [3.05, 3.63) is 24.3 Å². The van der Waals surface area contributed by atoms with Gasteiger partial charge in [-0.3, -0.25) is 9.10 Å². The van der Waals surface area contributed by atoms with Crippen LogP contribution in [0.1, 0.15) is 13.8 Å². The summed E-state index contributed by atoms with van der Waals surface area (Å²) in [7, 11) is -3.60. The highest BCUT2D eigenvalue weighted by atomic mass is 32.2. The summed E-state index contributed by atoms with van der Waals surface area (Å²) in [4.78, 5) is 11.1. The third kappa shape index (κ3) is 3.85. The molecular formula is C12H18N2O4S. The zero-order valence-electron chi connectivity index (χ0n) is 11.0. The lowest BCUT2D eigenvalue weighted by atomic mass is 10.3. The number of nitrogens with two attached hydrogens (primary N) is 1. The van der Waals surface area contributed by atoms with Gasteiger partial charge in [-0.05, 0) is 26.0 Å². The molecule has 1 aromatic carbocycles. The number of primary amides is 1. The van der Waals surface area contributed by atoms with Gasteiger partial charge in [-0.25, -0.2) is 8.42 Å². The van der Waals surface area contributed by atoms with Crippen molar-refractivity contribution in [3.63, 3.8) is 0 Å². The number of amides is 1. The normalized spacial score (nSPS) is 11.1. The Morgan fingerprint density at radius 2 is 1.95 bits per heavy atom. The van der Waals surface area contributed by atoms with E-state index in [0.717, 1.165) is 4.31 Å². The van der Waals surface area contributed by atoms with E-state index in [4.69, 9.17) is 10.5 Å². The zero-order valence-corrected chi connectivity index (χ0v) is 11.8. The number of sulfonamides is 1. The largest absolute Gasteiger partial charge is 0.492 e. The molecule has 19 heavy (non-hydrogen) atoms.